The first-order valence-corrected chi connectivity index (χ1v) is 11.3. The standard InChI is InChI=1S/C23H44N2O2/c1-8-10-11-12-13-14-15-16-22(7)25(9-2)19(26)23(27-22)17-20(3,4)24-21(5,6)18-23/h24H,8-18H2,1-7H3. The fourth-order valence-corrected chi connectivity index (χ4v) is 5.77. The van der Waals surface area contributed by atoms with Gasteiger partial charge in [-0.15, -0.1) is 0 Å². The molecule has 4 nitrogen and oxygen atoms in total. The Morgan fingerprint density at radius 3 is 1.93 bits per heavy atom. The topological polar surface area (TPSA) is 41.6 Å². The van der Waals surface area contributed by atoms with Crippen molar-refractivity contribution >= 4 is 5.91 Å². The van der Waals surface area contributed by atoms with E-state index in [9.17, 15) is 4.79 Å². The Morgan fingerprint density at radius 2 is 1.41 bits per heavy atom. The van der Waals surface area contributed by atoms with Crippen LogP contribution in [0.15, 0.2) is 0 Å². The van der Waals surface area contributed by atoms with Gasteiger partial charge in [0.15, 0.2) is 5.60 Å². The van der Waals surface area contributed by atoms with Crippen molar-refractivity contribution in [3.8, 4) is 0 Å². The fraction of sp³-hybridized carbons (Fsp3) is 0.957. The number of piperidine rings is 1. The second-order valence-corrected chi connectivity index (χ2v) is 10.4. The molecule has 27 heavy (non-hydrogen) atoms. The molecule has 2 saturated heterocycles. The molecule has 4 heteroatoms. The zero-order chi connectivity index (χ0) is 20.3. The number of nitrogens with zero attached hydrogens (tertiary/aromatic N) is 1. The van der Waals surface area contributed by atoms with Gasteiger partial charge in [0.05, 0.1) is 0 Å². The molecule has 0 aromatic heterocycles. The summed E-state index contributed by atoms with van der Waals surface area (Å²) in [5.74, 6) is 0.207. The normalized spacial score (nSPS) is 28.9. The van der Waals surface area contributed by atoms with Gasteiger partial charge in [0.1, 0.15) is 5.72 Å². The van der Waals surface area contributed by atoms with Crippen molar-refractivity contribution in [3.63, 3.8) is 0 Å². The first-order chi connectivity index (χ1) is 12.5. The molecule has 1 spiro atoms. The molecule has 1 atom stereocenters. The first-order valence-electron chi connectivity index (χ1n) is 11.3. The lowest BCUT2D eigenvalue weighted by molar-refractivity contribution is -0.165. The summed E-state index contributed by atoms with van der Waals surface area (Å²) in [6.45, 7) is 16.0. The molecule has 2 aliphatic rings. The van der Waals surface area contributed by atoms with E-state index < -0.39 is 11.3 Å². The predicted molar refractivity (Wildman–Crippen MR) is 113 cm³/mol. The summed E-state index contributed by atoms with van der Waals surface area (Å²) >= 11 is 0. The number of rotatable bonds is 9. The summed E-state index contributed by atoms with van der Waals surface area (Å²) < 4.78 is 6.75. The highest BCUT2D eigenvalue weighted by molar-refractivity contribution is 5.88. The van der Waals surface area contributed by atoms with Crippen LogP contribution in [0.4, 0.5) is 0 Å². The smallest absolute Gasteiger partial charge is 0.257 e. The fourth-order valence-electron chi connectivity index (χ4n) is 5.77. The molecule has 2 fully saturated rings. The Morgan fingerprint density at radius 1 is 0.889 bits per heavy atom. The van der Waals surface area contributed by atoms with E-state index in [1.165, 1.54) is 38.5 Å². The average Bonchev–Trinajstić information content (AvgIpc) is 2.69. The second kappa shape index (κ2) is 8.41. The molecule has 0 aliphatic carbocycles. The van der Waals surface area contributed by atoms with Crippen LogP contribution in [0, 0.1) is 0 Å². The maximum Gasteiger partial charge on any atom is 0.257 e. The van der Waals surface area contributed by atoms with Gasteiger partial charge in [-0.1, -0.05) is 45.4 Å². The van der Waals surface area contributed by atoms with Crippen LogP contribution in [-0.2, 0) is 9.53 Å². The third kappa shape index (κ3) is 5.26. The van der Waals surface area contributed by atoms with Crippen molar-refractivity contribution in [3.05, 3.63) is 0 Å². The number of hydrogen-bond acceptors (Lipinski definition) is 3. The van der Waals surface area contributed by atoms with Crippen LogP contribution in [-0.4, -0.2) is 39.8 Å². The highest BCUT2D eigenvalue weighted by Crippen LogP contribution is 2.48. The van der Waals surface area contributed by atoms with Crippen LogP contribution in [0.25, 0.3) is 0 Å². The summed E-state index contributed by atoms with van der Waals surface area (Å²) in [6, 6.07) is 0. The SMILES string of the molecule is CCCCCCCCCC1(C)OC2(CC(C)(C)NC(C)(C)C2)C(=O)N1CC. The van der Waals surface area contributed by atoms with Crippen molar-refractivity contribution in [1.29, 1.82) is 0 Å². The average molecular weight is 381 g/mol. The molecular formula is C23H44N2O2. The lowest BCUT2D eigenvalue weighted by Gasteiger charge is -2.50. The number of nitrogens with one attached hydrogen (secondary N) is 1. The molecule has 0 aromatic rings. The van der Waals surface area contributed by atoms with E-state index in [-0.39, 0.29) is 17.0 Å². The van der Waals surface area contributed by atoms with E-state index in [0.29, 0.717) is 0 Å². The highest BCUT2D eigenvalue weighted by atomic mass is 16.6. The number of hydrogen-bond donors (Lipinski definition) is 1. The van der Waals surface area contributed by atoms with Gasteiger partial charge in [0, 0.05) is 30.5 Å². The lowest BCUT2D eigenvalue weighted by atomic mass is 9.72. The lowest BCUT2D eigenvalue weighted by Crippen LogP contribution is -2.65. The van der Waals surface area contributed by atoms with E-state index in [1.807, 2.05) is 4.90 Å². The number of carbonyl (C=O) groups is 1. The summed E-state index contributed by atoms with van der Waals surface area (Å²) in [4.78, 5) is 15.5. The number of unbranched alkanes of at least 4 members (excludes halogenated alkanes) is 6. The Bertz CT molecular complexity index is 499. The largest absolute Gasteiger partial charge is 0.339 e. The Hall–Kier alpha value is -0.610. The van der Waals surface area contributed by atoms with Crippen LogP contribution in [0.3, 0.4) is 0 Å². The van der Waals surface area contributed by atoms with Gasteiger partial charge in [0.2, 0.25) is 0 Å². The first kappa shape index (κ1) is 22.7. The quantitative estimate of drug-likeness (QED) is 0.544. The molecule has 1 unspecified atom stereocenters. The molecular weight excluding hydrogens is 336 g/mol. The van der Waals surface area contributed by atoms with Crippen LogP contribution >= 0.6 is 0 Å². The summed E-state index contributed by atoms with van der Waals surface area (Å²) in [7, 11) is 0. The van der Waals surface area contributed by atoms with Crippen molar-refractivity contribution in [2.75, 3.05) is 6.54 Å². The van der Waals surface area contributed by atoms with Gasteiger partial charge in [-0.25, -0.2) is 0 Å². The molecule has 0 aromatic carbocycles. The van der Waals surface area contributed by atoms with Crippen molar-refractivity contribution < 1.29 is 9.53 Å². The maximum absolute atomic E-state index is 13.5. The molecule has 2 rings (SSSR count). The zero-order valence-electron chi connectivity index (χ0n) is 19.0. The van der Waals surface area contributed by atoms with E-state index in [1.54, 1.807) is 0 Å². The third-order valence-electron chi connectivity index (χ3n) is 6.31. The van der Waals surface area contributed by atoms with E-state index in [2.05, 4.69) is 53.8 Å². The van der Waals surface area contributed by atoms with Gasteiger partial charge >= 0.3 is 0 Å². The molecule has 2 aliphatic heterocycles. The minimum absolute atomic E-state index is 0.110. The third-order valence-corrected chi connectivity index (χ3v) is 6.31. The molecule has 1 N–H and O–H groups in total. The Labute approximate surface area is 167 Å². The van der Waals surface area contributed by atoms with Crippen LogP contribution in [0.2, 0.25) is 0 Å². The molecule has 0 radical (unpaired) electrons. The summed E-state index contributed by atoms with van der Waals surface area (Å²) in [5.41, 5.74) is -1.36. The predicted octanol–water partition coefficient (Wildman–Crippen LogP) is 5.40. The van der Waals surface area contributed by atoms with Crippen molar-refractivity contribution in [2.45, 2.75) is 135 Å². The van der Waals surface area contributed by atoms with Gasteiger partial charge < -0.3 is 15.0 Å². The van der Waals surface area contributed by atoms with Crippen LogP contribution in [0.1, 0.15) is 113 Å². The monoisotopic (exact) mass is 380 g/mol. The minimum Gasteiger partial charge on any atom is -0.339 e. The number of carbonyl (C=O) groups excluding carboxylic acids is 1. The molecule has 2 heterocycles. The van der Waals surface area contributed by atoms with Crippen molar-refractivity contribution in [1.82, 2.24) is 10.2 Å². The number of likely N-dealkylation sites (N-methyl/N-ethyl adjacent to an activating group) is 1. The number of ether oxygens (including phenoxy) is 1. The molecule has 0 saturated carbocycles. The van der Waals surface area contributed by atoms with Gasteiger partial charge in [0.25, 0.3) is 5.91 Å². The second-order valence-electron chi connectivity index (χ2n) is 10.4. The summed E-state index contributed by atoms with van der Waals surface area (Å²) in [6.07, 6.45) is 11.4. The van der Waals surface area contributed by atoms with E-state index >= 15 is 0 Å². The van der Waals surface area contributed by atoms with E-state index in [4.69, 9.17) is 4.74 Å². The minimum atomic E-state index is -0.676. The van der Waals surface area contributed by atoms with Crippen LogP contribution in [0.5, 0.6) is 0 Å². The molecule has 0 bridgehead atoms. The summed E-state index contributed by atoms with van der Waals surface area (Å²) in [5, 5.41) is 3.69. The molecule has 1 amide bonds. The van der Waals surface area contributed by atoms with Crippen LogP contribution < -0.4 is 5.32 Å². The highest BCUT2D eigenvalue weighted by Gasteiger charge is 2.62. The Balaban J connectivity index is 2.04. The maximum atomic E-state index is 13.5. The van der Waals surface area contributed by atoms with Gasteiger partial charge in [-0.05, 0) is 54.4 Å². The zero-order valence-corrected chi connectivity index (χ0v) is 19.0. The number of amides is 1. The van der Waals surface area contributed by atoms with Crippen molar-refractivity contribution in [2.24, 2.45) is 0 Å². The molecule has 158 valence electrons. The van der Waals surface area contributed by atoms with E-state index in [0.717, 1.165) is 32.2 Å². The van der Waals surface area contributed by atoms with Gasteiger partial charge in [-0.2, -0.15) is 0 Å². The Kier molecular flexibility index (Phi) is 7.06. The van der Waals surface area contributed by atoms with Gasteiger partial charge in [-0.3, -0.25) is 4.79 Å².